The summed E-state index contributed by atoms with van der Waals surface area (Å²) in [6.07, 6.45) is 1.78. The van der Waals surface area contributed by atoms with Gasteiger partial charge in [0.05, 0.1) is 32.4 Å². The first-order chi connectivity index (χ1) is 18.7. The molecular weight excluding hydrogens is 542 g/mol. The van der Waals surface area contributed by atoms with Gasteiger partial charge in [-0.3, -0.25) is 24.6 Å². The molecule has 1 amide bonds. The van der Waals surface area contributed by atoms with E-state index in [1.807, 2.05) is 19.1 Å². The number of rotatable bonds is 4. The van der Waals surface area contributed by atoms with E-state index in [1.54, 1.807) is 41.8 Å². The fourth-order valence-corrected chi connectivity index (χ4v) is 6.09. The van der Waals surface area contributed by atoms with Crippen molar-refractivity contribution in [3.8, 4) is 0 Å². The van der Waals surface area contributed by atoms with Crippen LogP contribution >= 0.6 is 22.9 Å². The standard InChI is InChI=1S/C27H18ClN5O5S/c1-13-5-4-10-31-14(2)21(30-25(13)31)23(34)20-22(15-6-3-7-17(11-15)33(37)38)32(26(36)24(20)35)27-29-18-9-8-16(28)12-19(18)39-27/h3-12,22,34H,1-2H3. The van der Waals surface area contributed by atoms with Crippen molar-refractivity contribution < 1.29 is 19.6 Å². The van der Waals surface area contributed by atoms with Crippen LogP contribution in [0.3, 0.4) is 0 Å². The Morgan fingerprint density at radius 3 is 2.64 bits per heavy atom. The number of benzene rings is 2. The number of Topliss-reactive ketones (excluding diaryl/α,β-unsaturated/α-hetero) is 1. The van der Waals surface area contributed by atoms with Gasteiger partial charge in [-0.25, -0.2) is 9.97 Å². The molecule has 39 heavy (non-hydrogen) atoms. The number of halogens is 1. The maximum Gasteiger partial charge on any atom is 0.301 e. The molecule has 1 aliphatic rings. The van der Waals surface area contributed by atoms with E-state index >= 15 is 0 Å². The van der Waals surface area contributed by atoms with Crippen molar-refractivity contribution in [2.45, 2.75) is 19.9 Å². The highest BCUT2D eigenvalue weighted by atomic mass is 35.5. The number of nitro benzene ring substituents is 1. The van der Waals surface area contributed by atoms with E-state index in [-0.39, 0.29) is 27.6 Å². The molecule has 1 atom stereocenters. The van der Waals surface area contributed by atoms with Crippen LogP contribution in [0, 0.1) is 24.0 Å². The van der Waals surface area contributed by atoms with Gasteiger partial charge in [0.25, 0.3) is 11.5 Å². The fourth-order valence-electron chi connectivity index (χ4n) is 4.82. The summed E-state index contributed by atoms with van der Waals surface area (Å²) >= 11 is 7.28. The number of carbonyl (C=O) groups excluding carboxylic acids is 2. The summed E-state index contributed by atoms with van der Waals surface area (Å²) in [6, 6.07) is 13.2. The fraction of sp³-hybridized carbons (Fsp3) is 0.111. The van der Waals surface area contributed by atoms with Crippen molar-refractivity contribution in [3.63, 3.8) is 0 Å². The molecule has 12 heteroatoms. The van der Waals surface area contributed by atoms with Crippen LogP contribution in [-0.2, 0) is 9.59 Å². The van der Waals surface area contributed by atoms with E-state index in [9.17, 15) is 24.8 Å². The van der Waals surface area contributed by atoms with Crippen LogP contribution in [0.15, 0.2) is 66.4 Å². The number of amides is 1. The van der Waals surface area contributed by atoms with Crippen molar-refractivity contribution in [1.82, 2.24) is 14.4 Å². The third-order valence-corrected chi connectivity index (χ3v) is 7.95. The Kier molecular flexibility index (Phi) is 5.70. The zero-order valence-corrected chi connectivity index (χ0v) is 22.0. The molecule has 10 nitrogen and oxygen atoms in total. The molecule has 4 heterocycles. The number of non-ortho nitro benzene ring substituents is 1. The molecule has 5 aromatic rings. The summed E-state index contributed by atoms with van der Waals surface area (Å²) in [5.74, 6) is -2.35. The lowest BCUT2D eigenvalue weighted by molar-refractivity contribution is -0.384. The second-order valence-corrected chi connectivity index (χ2v) is 10.5. The molecule has 3 aromatic heterocycles. The average molecular weight is 560 g/mol. The molecule has 1 fully saturated rings. The Hall–Kier alpha value is -4.61. The van der Waals surface area contributed by atoms with Crippen LogP contribution in [0.4, 0.5) is 10.8 Å². The van der Waals surface area contributed by atoms with Crippen molar-refractivity contribution in [3.05, 3.63) is 104 Å². The zero-order chi connectivity index (χ0) is 27.6. The summed E-state index contributed by atoms with van der Waals surface area (Å²) in [5, 5.41) is 23.8. The molecule has 1 N–H and O–H groups in total. The second kappa shape index (κ2) is 9.00. The maximum absolute atomic E-state index is 13.5. The Labute approximate surface area is 229 Å². The predicted molar refractivity (Wildman–Crippen MR) is 147 cm³/mol. The SMILES string of the molecule is Cc1cccn2c(C)c(C(O)=C3C(=O)C(=O)N(c4nc5ccc(Cl)cc5s4)C3c3cccc([N+](=O)[O-])c3)nc12. The van der Waals surface area contributed by atoms with Gasteiger partial charge in [-0.05, 0) is 49.2 Å². The first-order valence-electron chi connectivity index (χ1n) is 11.7. The van der Waals surface area contributed by atoms with Crippen LogP contribution < -0.4 is 4.90 Å². The number of thiazole rings is 1. The van der Waals surface area contributed by atoms with Crippen molar-refractivity contribution >= 4 is 67.1 Å². The van der Waals surface area contributed by atoms with Gasteiger partial charge in [-0.15, -0.1) is 0 Å². The first kappa shape index (κ1) is 24.7. The van der Waals surface area contributed by atoms with Crippen LogP contribution in [0.1, 0.15) is 28.6 Å². The van der Waals surface area contributed by atoms with Gasteiger partial charge in [0.1, 0.15) is 11.3 Å². The van der Waals surface area contributed by atoms with E-state index < -0.39 is 28.4 Å². The monoisotopic (exact) mass is 559 g/mol. The smallest absolute Gasteiger partial charge is 0.301 e. The number of hydrogen-bond acceptors (Lipinski definition) is 8. The molecule has 1 unspecified atom stereocenters. The maximum atomic E-state index is 13.5. The van der Waals surface area contributed by atoms with Crippen LogP contribution in [0.25, 0.3) is 21.6 Å². The number of aromatic nitrogens is 3. The molecule has 6 rings (SSSR count). The quantitative estimate of drug-likeness (QED) is 0.0975. The third kappa shape index (κ3) is 3.85. The van der Waals surface area contributed by atoms with Gasteiger partial charge < -0.3 is 9.51 Å². The molecule has 0 radical (unpaired) electrons. The molecular formula is C27H18ClN5O5S. The van der Waals surface area contributed by atoms with E-state index in [4.69, 9.17) is 11.6 Å². The molecule has 0 bridgehead atoms. The number of anilines is 1. The highest BCUT2D eigenvalue weighted by molar-refractivity contribution is 7.22. The van der Waals surface area contributed by atoms with Gasteiger partial charge in [0.2, 0.25) is 0 Å². The number of aliphatic hydroxyl groups excluding tert-OH is 1. The number of carbonyl (C=O) groups is 2. The minimum Gasteiger partial charge on any atom is -0.505 e. The highest BCUT2D eigenvalue weighted by Gasteiger charge is 2.49. The topological polar surface area (TPSA) is 131 Å². The molecule has 2 aromatic carbocycles. The summed E-state index contributed by atoms with van der Waals surface area (Å²) in [6.45, 7) is 3.61. The highest BCUT2D eigenvalue weighted by Crippen LogP contribution is 2.45. The summed E-state index contributed by atoms with van der Waals surface area (Å²) in [4.78, 5) is 48.4. The van der Waals surface area contributed by atoms with Crippen molar-refractivity contribution in [2.24, 2.45) is 0 Å². The van der Waals surface area contributed by atoms with Crippen LogP contribution in [0.5, 0.6) is 0 Å². The minimum absolute atomic E-state index is 0.133. The summed E-state index contributed by atoms with van der Waals surface area (Å²) in [5.41, 5.74) is 2.49. The minimum atomic E-state index is -1.19. The number of aliphatic hydroxyl groups is 1. The predicted octanol–water partition coefficient (Wildman–Crippen LogP) is 5.75. The number of imidazole rings is 1. The number of aryl methyl sites for hydroxylation is 2. The van der Waals surface area contributed by atoms with E-state index in [1.165, 1.54) is 23.1 Å². The molecule has 0 saturated carbocycles. The van der Waals surface area contributed by atoms with Crippen molar-refractivity contribution in [1.29, 1.82) is 0 Å². The third-order valence-electron chi connectivity index (χ3n) is 6.69. The van der Waals surface area contributed by atoms with Crippen molar-refractivity contribution in [2.75, 3.05) is 4.90 Å². The average Bonchev–Trinajstić information content (AvgIpc) is 3.56. The first-order valence-corrected chi connectivity index (χ1v) is 12.9. The second-order valence-electron chi connectivity index (χ2n) is 9.06. The van der Waals surface area contributed by atoms with E-state index in [2.05, 4.69) is 9.97 Å². The largest absolute Gasteiger partial charge is 0.505 e. The summed E-state index contributed by atoms with van der Waals surface area (Å²) < 4.78 is 2.46. The van der Waals surface area contributed by atoms with Crippen LogP contribution in [-0.4, -0.2) is 36.1 Å². The number of pyridine rings is 1. The van der Waals surface area contributed by atoms with Gasteiger partial charge in [0, 0.05) is 23.4 Å². The molecule has 0 spiro atoms. The Bertz CT molecular complexity index is 1910. The zero-order valence-electron chi connectivity index (χ0n) is 20.5. The van der Waals surface area contributed by atoms with E-state index in [0.29, 0.717) is 26.6 Å². The Balaban J connectivity index is 1.62. The van der Waals surface area contributed by atoms with Gasteiger partial charge in [-0.1, -0.05) is 41.1 Å². The number of nitrogens with zero attached hydrogens (tertiary/aromatic N) is 5. The summed E-state index contributed by atoms with van der Waals surface area (Å²) in [7, 11) is 0. The molecule has 194 valence electrons. The molecule has 1 aliphatic heterocycles. The van der Waals surface area contributed by atoms with Crippen LogP contribution in [0.2, 0.25) is 5.02 Å². The number of ketones is 1. The Morgan fingerprint density at radius 1 is 1.10 bits per heavy atom. The normalized spacial score (nSPS) is 17.0. The van der Waals surface area contributed by atoms with E-state index in [0.717, 1.165) is 16.9 Å². The number of nitro groups is 1. The lowest BCUT2D eigenvalue weighted by Gasteiger charge is -2.22. The number of hydrogen-bond donors (Lipinski definition) is 1. The van der Waals surface area contributed by atoms with Gasteiger partial charge in [0.15, 0.2) is 10.9 Å². The van der Waals surface area contributed by atoms with Gasteiger partial charge >= 0.3 is 5.91 Å². The number of fused-ring (bicyclic) bond motifs is 2. The molecule has 0 aliphatic carbocycles. The molecule has 1 saturated heterocycles. The lowest BCUT2D eigenvalue weighted by atomic mass is 9.96. The van der Waals surface area contributed by atoms with Gasteiger partial charge in [-0.2, -0.15) is 0 Å². The lowest BCUT2D eigenvalue weighted by Crippen LogP contribution is -2.29. The Morgan fingerprint density at radius 2 is 1.90 bits per heavy atom.